The maximum Gasteiger partial charge on any atom is 0.214 e. The summed E-state index contributed by atoms with van der Waals surface area (Å²) in [6, 6.07) is 9.95. The number of rotatable bonds is 4. The number of hydrogen-bond donors (Lipinski definition) is 0. The summed E-state index contributed by atoms with van der Waals surface area (Å²) in [6.07, 6.45) is 0. The molecule has 0 radical (unpaired) electrons. The summed E-state index contributed by atoms with van der Waals surface area (Å²) in [6.45, 7) is 6.75. The minimum atomic E-state index is -3.19. The van der Waals surface area contributed by atoms with Crippen LogP contribution < -0.4 is 0 Å². The molecule has 0 aliphatic carbocycles. The van der Waals surface area contributed by atoms with Gasteiger partial charge in [0.2, 0.25) is 10.0 Å². The zero-order valence-corrected chi connectivity index (χ0v) is 14.0. The lowest BCUT2D eigenvalue weighted by molar-refractivity contribution is 0.339. The molecule has 0 saturated carbocycles. The molecule has 2 rings (SSSR count). The molecule has 1 saturated heterocycles. The third-order valence-electron chi connectivity index (χ3n) is 4.01. The Hall–Kier alpha value is -0.520. The van der Waals surface area contributed by atoms with E-state index in [1.807, 2.05) is 55.9 Å². The van der Waals surface area contributed by atoms with Gasteiger partial charge in [0.15, 0.2) is 0 Å². The highest BCUT2D eigenvalue weighted by molar-refractivity contribution is 8.00. The van der Waals surface area contributed by atoms with Crippen LogP contribution in [0, 0.1) is 0 Å². The first-order valence-electron chi connectivity index (χ1n) is 7.08. The molecule has 1 aliphatic heterocycles. The van der Waals surface area contributed by atoms with Crippen LogP contribution in [-0.2, 0) is 10.0 Å². The van der Waals surface area contributed by atoms with Crippen molar-refractivity contribution in [3.63, 3.8) is 0 Å². The Bertz CT molecular complexity index is 530. The van der Waals surface area contributed by atoms with E-state index in [0.717, 1.165) is 11.3 Å². The van der Waals surface area contributed by atoms with Crippen LogP contribution in [-0.4, -0.2) is 42.1 Å². The molecule has 1 aromatic carbocycles. The Morgan fingerprint density at radius 3 is 2.60 bits per heavy atom. The molecule has 0 N–H and O–H groups in total. The van der Waals surface area contributed by atoms with Crippen molar-refractivity contribution in [2.75, 3.05) is 18.1 Å². The van der Waals surface area contributed by atoms with E-state index in [9.17, 15) is 8.42 Å². The Balaban J connectivity index is 2.11. The van der Waals surface area contributed by atoms with E-state index in [0.29, 0.717) is 11.8 Å². The SMILES string of the molecule is CC(CS(=O)(=O)N1CCSC(C)C1C)c1ccccc1. The van der Waals surface area contributed by atoms with Gasteiger partial charge in [-0.1, -0.05) is 44.2 Å². The van der Waals surface area contributed by atoms with Crippen LogP contribution in [0.25, 0.3) is 0 Å². The van der Waals surface area contributed by atoms with Crippen molar-refractivity contribution in [2.45, 2.75) is 38.0 Å². The maximum absolute atomic E-state index is 12.6. The molecule has 3 unspecified atom stereocenters. The first kappa shape index (κ1) is 15.9. The minimum absolute atomic E-state index is 0.0262. The topological polar surface area (TPSA) is 37.4 Å². The van der Waals surface area contributed by atoms with Crippen molar-refractivity contribution >= 4 is 21.8 Å². The molecule has 0 amide bonds. The summed E-state index contributed by atoms with van der Waals surface area (Å²) in [5.74, 6) is 1.11. The lowest BCUT2D eigenvalue weighted by Crippen LogP contribution is -2.49. The molecule has 0 spiro atoms. The average molecular weight is 313 g/mol. The van der Waals surface area contributed by atoms with Gasteiger partial charge in [-0.25, -0.2) is 8.42 Å². The lowest BCUT2D eigenvalue weighted by atomic mass is 10.0. The molecule has 112 valence electrons. The molecule has 20 heavy (non-hydrogen) atoms. The Kier molecular flexibility index (Phi) is 5.15. The highest BCUT2D eigenvalue weighted by Crippen LogP contribution is 2.28. The molecule has 1 aliphatic rings. The van der Waals surface area contributed by atoms with Gasteiger partial charge in [-0.05, 0) is 18.4 Å². The molecular weight excluding hydrogens is 290 g/mol. The highest BCUT2D eigenvalue weighted by atomic mass is 32.2. The largest absolute Gasteiger partial charge is 0.214 e. The molecule has 0 aromatic heterocycles. The third-order valence-corrected chi connectivity index (χ3v) is 7.50. The van der Waals surface area contributed by atoms with Crippen LogP contribution in [0.15, 0.2) is 30.3 Å². The summed E-state index contributed by atoms with van der Waals surface area (Å²) in [7, 11) is -3.19. The zero-order valence-electron chi connectivity index (χ0n) is 12.3. The second kappa shape index (κ2) is 6.50. The molecular formula is C15H23NO2S2. The number of sulfonamides is 1. The van der Waals surface area contributed by atoms with Gasteiger partial charge in [-0.15, -0.1) is 0 Å². The second-order valence-electron chi connectivity index (χ2n) is 5.52. The van der Waals surface area contributed by atoms with Gasteiger partial charge in [0.1, 0.15) is 0 Å². The normalized spacial score (nSPS) is 26.4. The van der Waals surface area contributed by atoms with Gasteiger partial charge < -0.3 is 0 Å². The fourth-order valence-corrected chi connectivity index (χ4v) is 5.95. The van der Waals surface area contributed by atoms with Crippen LogP contribution >= 0.6 is 11.8 Å². The van der Waals surface area contributed by atoms with E-state index in [2.05, 4.69) is 6.92 Å². The van der Waals surface area contributed by atoms with E-state index >= 15 is 0 Å². The smallest absolute Gasteiger partial charge is 0.212 e. The first-order valence-corrected chi connectivity index (χ1v) is 9.73. The molecule has 5 heteroatoms. The van der Waals surface area contributed by atoms with E-state index in [-0.39, 0.29) is 17.7 Å². The van der Waals surface area contributed by atoms with Crippen LogP contribution in [0.3, 0.4) is 0 Å². The molecule has 1 fully saturated rings. The Morgan fingerprint density at radius 1 is 1.30 bits per heavy atom. The van der Waals surface area contributed by atoms with Crippen molar-refractivity contribution in [3.8, 4) is 0 Å². The number of benzene rings is 1. The standard InChI is InChI=1S/C15H23NO2S2/c1-12(15-7-5-4-6-8-15)11-20(17,18)16-9-10-19-14(3)13(16)2/h4-8,12-14H,9-11H2,1-3H3. The van der Waals surface area contributed by atoms with Crippen molar-refractivity contribution in [1.82, 2.24) is 4.31 Å². The summed E-state index contributed by atoms with van der Waals surface area (Å²) in [5, 5.41) is 0.366. The fourth-order valence-electron chi connectivity index (χ4n) is 2.59. The monoisotopic (exact) mass is 313 g/mol. The number of hydrogen-bond acceptors (Lipinski definition) is 3. The lowest BCUT2D eigenvalue weighted by Gasteiger charge is -2.37. The second-order valence-corrected chi connectivity index (χ2v) is 8.97. The predicted molar refractivity (Wildman–Crippen MR) is 86.7 cm³/mol. The van der Waals surface area contributed by atoms with Crippen LogP contribution in [0.2, 0.25) is 0 Å². The molecule has 0 bridgehead atoms. The first-order chi connectivity index (χ1) is 9.42. The van der Waals surface area contributed by atoms with E-state index in [1.165, 1.54) is 0 Å². The van der Waals surface area contributed by atoms with Crippen LogP contribution in [0.1, 0.15) is 32.3 Å². The van der Waals surface area contributed by atoms with Crippen LogP contribution in [0.4, 0.5) is 0 Å². The van der Waals surface area contributed by atoms with Crippen molar-refractivity contribution in [1.29, 1.82) is 0 Å². The summed E-state index contributed by atoms with van der Waals surface area (Å²) < 4.78 is 27.0. The van der Waals surface area contributed by atoms with Crippen LogP contribution in [0.5, 0.6) is 0 Å². The summed E-state index contributed by atoms with van der Waals surface area (Å²) >= 11 is 1.86. The van der Waals surface area contributed by atoms with Gasteiger partial charge in [0.05, 0.1) is 5.75 Å². The molecule has 1 heterocycles. The minimum Gasteiger partial charge on any atom is -0.212 e. The van der Waals surface area contributed by atoms with Gasteiger partial charge in [-0.2, -0.15) is 16.1 Å². The van der Waals surface area contributed by atoms with Gasteiger partial charge in [0.25, 0.3) is 0 Å². The molecule has 1 aromatic rings. The number of thioether (sulfide) groups is 1. The molecule has 3 nitrogen and oxygen atoms in total. The van der Waals surface area contributed by atoms with Crippen molar-refractivity contribution < 1.29 is 8.42 Å². The predicted octanol–water partition coefficient (Wildman–Crippen LogP) is 2.95. The van der Waals surface area contributed by atoms with Crippen molar-refractivity contribution in [3.05, 3.63) is 35.9 Å². The molecule has 3 atom stereocenters. The zero-order chi connectivity index (χ0) is 14.8. The Labute approximate surface area is 126 Å². The Morgan fingerprint density at radius 2 is 1.95 bits per heavy atom. The quantitative estimate of drug-likeness (QED) is 0.857. The van der Waals surface area contributed by atoms with E-state index in [1.54, 1.807) is 4.31 Å². The maximum atomic E-state index is 12.6. The average Bonchev–Trinajstić information content (AvgIpc) is 2.42. The van der Waals surface area contributed by atoms with E-state index in [4.69, 9.17) is 0 Å². The fraction of sp³-hybridized carbons (Fsp3) is 0.600. The summed E-state index contributed by atoms with van der Waals surface area (Å²) in [4.78, 5) is 0. The van der Waals surface area contributed by atoms with Gasteiger partial charge in [0, 0.05) is 23.6 Å². The highest BCUT2D eigenvalue weighted by Gasteiger charge is 2.34. The number of nitrogens with zero attached hydrogens (tertiary/aromatic N) is 1. The van der Waals surface area contributed by atoms with E-state index < -0.39 is 10.0 Å². The summed E-state index contributed by atoms with van der Waals surface area (Å²) in [5.41, 5.74) is 1.09. The van der Waals surface area contributed by atoms with Gasteiger partial charge in [-0.3, -0.25) is 0 Å². The van der Waals surface area contributed by atoms with Crippen molar-refractivity contribution in [2.24, 2.45) is 0 Å². The third kappa shape index (κ3) is 3.57. The van der Waals surface area contributed by atoms with Gasteiger partial charge >= 0.3 is 0 Å².